The number of nitrogens with one attached hydrogen (secondary N) is 1. The molecule has 2 nitrogen and oxygen atoms in total. The number of aromatic nitrogens is 2. The SMILES string of the molecule is Cc1cc(C)cc(C[n+]2cc[nH]c2C)c1. The van der Waals surface area contributed by atoms with Gasteiger partial charge in [0.1, 0.15) is 18.9 Å². The fourth-order valence-corrected chi connectivity index (χ4v) is 1.97. The van der Waals surface area contributed by atoms with Gasteiger partial charge in [0, 0.05) is 6.92 Å². The molecule has 1 aromatic carbocycles. The second kappa shape index (κ2) is 3.89. The van der Waals surface area contributed by atoms with Crippen molar-refractivity contribution in [3.05, 3.63) is 53.1 Å². The van der Waals surface area contributed by atoms with Crippen LogP contribution in [0.15, 0.2) is 30.6 Å². The molecule has 0 fully saturated rings. The average Bonchev–Trinajstić information content (AvgIpc) is 2.50. The summed E-state index contributed by atoms with van der Waals surface area (Å²) in [4.78, 5) is 3.18. The van der Waals surface area contributed by atoms with Crippen LogP contribution in [0.2, 0.25) is 0 Å². The van der Waals surface area contributed by atoms with E-state index in [1.165, 1.54) is 22.5 Å². The van der Waals surface area contributed by atoms with E-state index in [2.05, 4.69) is 54.7 Å². The molecule has 0 saturated heterocycles. The molecule has 0 spiro atoms. The number of hydrogen-bond acceptors (Lipinski definition) is 0. The van der Waals surface area contributed by atoms with Gasteiger partial charge in [-0.05, 0) is 19.4 Å². The van der Waals surface area contributed by atoms with E-state index in [9.17, 15) is 0 Å². The molecule has 0 saturated carbocycles. The lowest BCUT2D eigenvalue weighted by molar-refractivity contribution is -0.693. The van der Waals surface area contributed by atoms with E-state index < -0.39 is 0 Å². The summed E-state index contributed by atoms with van der Waals surface area (Å²) in [6.45, 7) is 7.32. The maximum absolute atomic E-state index is 3.18. The third kappa shape index (κ3) is 2.27. The zero-order valence-electron chi connectivity index (χ0n) is 9.54. The summed E-state index contributed by atoms with van der Waals surface area (Å²) >= 11 is 0. The zero-order chi connectivity index (χ0) is 10.8. The molecule has 15 heavy (non-hydrogen) atoms. The van der Waals surface area contributed by atoms with Gasteiger partial charge in [0.25, 0.3) is 5.82 Å². The van der Waals surface area contributed by atoms with Gasteiger partial charge < -0.3 is 0 Å². The molecule has 0 aliphatic carbocycles. The molecule has 2 heteroatoms. The summed E-state index contributed by atoms with van der Waals surface area (Å²) in [5.41, 5.74) is 4.03. The van der Waals surface area contributed by atoms with Crippen molar-refractivity contribution in [1.29, 1.82) is 0 Å². The van der Waals surface area contributed by atoms with Crippen LogP contribution in [0.1, 0.15) is 22.5 Å². The van der Waals surface area contributed by atoms with E-state index in [0.29, 0.717) is 0 Å². The molecule has 0 bridgehead atoms. The van der Waals surface area contributed by atoms with Gasteiger partial charge in [0.05, 0.1) is 0 Å². The van der Waals surface area contributed by atoms with E-state index in [0.717, 1.165) is 6.54 Å². The molecule has 1 N–H and O–H groups in total. The molecular weight excluding hydrogens is 184 g/mol. The van der Waals surface area contributed by atoms with Crippen LogP contribution in [0.3, 0.4) is 0 Å². The van der Waals surface area contributed by atoms with Gasteiger partial charge >= 0.3 is 0 Å². The Morgan fingerprint density at radius 2 is 1.73 bits per heavy atom. The summed E-state index contributed by atoms with van der Waals surface area (Å²) in [5, 5.41) is 0. The molecule has 0 amide bonds. The van der Waals surface area contributed by atoms with Gasteiger partial charge in [0.15, 0.2) is 0 Å². The Hall–Kier alpha value is -1.57. The molecule has 78 valence electrons. The van der Waals surface area contributed by atoms with Gasteiger partial charge in [-0.25, -0.2) is 9.55 Å². The second-order valence-corrected chi connectivity index (χ2v) is 4.17. The lowest BCUT2D eigenvalue weighted by Gasteiger charge is -2.03. The fraction of sp³-hybridized carbons (Fsp3) is 0.308. The van der Waals surface area contributed by atoms with Crippen molar-refractivity contribution in [1.82, 2.24) is 4.98 Å². The first-order valence-electron chi connectivity index (χ1n) is 5.26. The van der Waals surface area contributed by atoms with Gasteiger partial charge in [-0.2, -0.15) is 0 Å². The maximum Gasteiger partial charge on any atom is 0.251 e. The molecule has 0 aliphatic rings. The quantitative estimate of drug-likeness (QED) is 0.719. The van der Waals surface area contributed by atoms with Crippen molar-refractivity contribution in [2.75, 3.05) is 0 Å². The van der Waals surface area contributed by atoms with Crippen LogP contribution in [0.25, 0.3) is 0 Å². The van der Waals surface area contributed by atoms with Crippen molar-refractivity contribution in [2.24, 2.45) is 0 Å². The monoisotopic (exact) mass is 201 g/mol. The number of rotatable bonds is 2. The highest BCUT2D eigenvalue weighted by Gasteiger charge is 2.05. The predicted octanol–water partition coefficient (Wildman–Crippen LogP) is 2.28. The highest BCUT2D eigenvalue weighted by molar-refractivity contribution is 5.27. The normalized spacial score (nSPS) is 10.6. The molecule has 2 aromatic rings. The van der Waals surface area contributed by atoms with Gasteiger partial charge in [-0.1, -0.05) is 29.3 Å². The number of H-pyrrole nitrogens is 1. The molecule has 2 rings (SSSR count). The first kappa shape index (κ1) is 9.97. The Labute approximate surface area is 90.6 Å². The van der Waals surface area contributed by atoms with Gasteiger partial charge in [-0.15, -0.1) is 0 Å². The fourth-order valence-electron chi connectivity index (χ4n) is 1.97. The summed E-state index contributed by atoms with van der Waals surface area (Å²) in [7, 11) is 0. The lowest BCUT2D eigenvalue weighted by Crippen LogP contribution is -2.35. The van der Waals surface area contributed by atoms with E-state index in [1.54, 1.807) is 0 Å². The van der Waals surface area contributed by atoms with Crippen LogP contribution in [0.4, 0.5) is 0 Å². The number of aromatic amines is 1. The van der Waals surface area contributed by atoms with Crippen LogP contribution in [-0.2, 0) is 6.54 Å². The first-order valence-corrected chi connectivity index (χ1v) is 5.26. The lowest BCUT2D eigenvalue weighted by atomic mass is 10.1. The highest BCUT2D eigenvalue weighted by Crippen LogP contribution is 2.08. The number of imidazole rings is 1. The summed E-state index contributed by atoms with van der Waals surface area (Å²) in [5.74, 6) is 1.19. The first-order chi connectivity index (χ1) is 7.15. The largest absolute Gasteiger partial charge is 0.251 e. The van der Waals surface area contributed by atoms with Crippen molar-refractivity contribution in [3.63, 3.8) is 0 Å². The predicted molar refractivity (Wildman–Crippen MR) is 60.7 cm³/mol. The van der Waals surface area contributed by atoms with Gasteiger partial charge in [-0.3, -0.25) is 0 Å². The Bertz CT molecular complexity index is 449. The third-order valence-electron chi connectivity index (χ3n) is 2.61. The van der Waals surface area contributed by atoms with E-state index in [1.807, 2.05) is 6.20 Å². The van der Waals surface area contributed by atoms with Gasteiger partial charge in [0.2, 0.25) is 0 Å². The van der Waals surface area contributed by atoms with E-state index >= 15 is 0 Å². The number of nitrogens with zero attached hydrogens (tertiary/aromatic N) is 1. The molecule has 1 heterocycles. The Balaban J connectivity index is 2.28. The van der Waals surface area contributed by atoms with Crippen LogP contribution < -0.4 is 4.57 Å². The summed E-state index contributed by atoms with van der Waals surface area (Å²) in [6.07, 6.45) is 4.05. The number of hydrogen-bond donors (Lipinski definition) is 1. The molecule has 0 aliphatic heterocycles. The third-order valence-corrected chi connectivity index (χ3v) is 2.61. The minimum atomic E-state index is 0.942. The number of benzene rings is 1. The molecular formula is C13H17N2+. The smallest absolute Gasteiger partial charge is 0.248 e. The number of aryl methyl sites for hydroxylation is 3. The van der Waals surface area contributed by atoms with Crippen molar-refractivity contribution >= 4 is 0 Å². The van der Waals surface area contributed by atoms with Crippen molar-refractivity contribution < 1.29 is 4.57 Å². The summed E-state index contributed by atoms with van der Waals surface area (Å²) in [6, 6.07) is 6.69. The standard InChI is InChI=1S/C13H16N2/c1-10-6-11(2)8-13(7-10)9-15-5-4-14-12(15)3/h4-8H,9H2,1-3H3/p+1. The minimum absolute atomic E-state index is 0.942. The highest BCUT2D eigenvalue weighted by atomic mass is 15.0. The van der Waals surface area contributed by atoms with Crippen LogP contribution in [-0.4, -0.2) is 4.98 Å². The molecule has 1 aromatic heterocycles. The van der Waals surface area contributed by atoms with E-state index in [-0.39, 0.29) is 0 Å². The Morgan fingerprint density at radius 1 is 1.07 bits per heavy atom. The molecule has 0 atom stereocenters. The molecule has 0 radical (unpaired) electrons. The summed E-state index contributed by atoms with van der Waals surface area (Å²) < 4.78 is 2.22. The topological polar surface area (TPSA) is 19.7 Å². The maximum atomic E-state index is 3.18. The Kier molecular flexibility index (Phi) is 2.58. The zero-order valence-corrected chi connectivity index (χ0v) is 9.54. The van der Waals surface area contributed by atoms with Crippen LogP contribution >= 0.6 is 0 Å². The van der Waals surface area contributed by atoms with Crippen LogP contribution in [0, 0.1) is 20.8 Å². The second-order valence-electron chi connectivity index (χ2n) is 4.17. The average molecular weight is 201 g/mol. The molecule has 0 unspecified atom stereocenters. The minimum Gasteiger partial charge on any atom is -0.248 e. The van der Waals surface area contributed by atoms with E-state index in [4.69, 9.17) is 0 Å². The van der Waals surface area contributed by atoms with Crippen molar-refractivity contribution in [3.8, 4) is 0 Å². The van der Waals surface area contributed by atoms with Crippen molar-refractivity contribution in [2.45, 2.75) is 27.3 Å². The Morgan fingerprint density at radius 3 is 2.27 bits per heavy atom. The van der Waals surface area contributed by atoms with Crippen LogP contribution in [0.5, 0.6) is 0 Å².